The maximum Gasteiger partial charge on any atom is 0.337 e. The molecule has 0 saturated heterocycles. The topological polar surface area (TPSA) is 102 Å². The van der Waals surface area contributed by atoms with Gasteiger partial charge in [-0.05, 0) is 94.5 Å². The molecule has 47 heavy (non-hydrogen) atoms. The quantitative estimate of drug-likeness (QED) is 0.160. The van der Waals surface area contributed by atoms with Gasteiger partial charge in [0.2, 0.25) is 0 Å². The third kappa shape index (κ3) is 5.87. The van der Waals surface area contributed by atoms with Gasteiger partial charge < -0.3 is 19.3 Å². The Hall–Kier alpha value is -4.34. The fourth-order valence-corrected chi connectivity index (χ4v) is 7.14. The van der Waals surface area contributed by atoms with Crippen molar-refractivity contribution in [3.8, 4) is 16.9 Å². The second-order valence-corrected chi connectivity index (χ2v) is 13.2. The first-order chi connectivity index (χ1) is 22.4. The van der Waals surface area contributed by atoms with E-state index in [1.807, 2.05) is 63.7 Å². The monoisotopic (exact) mass is 673 g/mol. The number of aromatic nitrogens is 4. The summed E-state index contributed by atoms with van der Waals surface area (Å²) in [5.41, 5.74) is 8.85. The standard InChI is InChI=1S/C36H37Cl2N5O4/c1-19-14-26(15-20(2)32(19)38)47-13-7-8-27-28-11-12-29(37)31(30-22(4)40-41(6)23(30)5)33(28)43-21(3)17-42(35(44)34(27)43)18-25-10-9-24(16-39-25)36(45)46/h9-12,14-16,21H,7-8,13,17-18H2,1-6H3,(H,45,46)/t21-/m0/s1. The number of aromatic carboxylic acids is 1. The van der Waals surface area contributed by atoms with Crippen LogP contribution in [0.5, 0.6) is 5.75 Å². The summed E-state index contributed by atoms with van der Waals surface area (Å²) in [6, 6.07) is 10.9. The lowest BCUT2D eigenvalue weighted by Gasteiger charge is -2.34. The number of nitrogens with zero attached hydrogens (tertiary/aromatic N) is 5. The molecule has 0 saturated carbocycles. The van der Waals surface area contributed by atoms with Gasteiger partial charge in [-0.15, -0.1) is 0 Å². The van der Waals surface area contributed by atoms with E-state index < -0.39 is 5.97 Å². The van der Waals surface area contributed by atoms with E-state index in [-0.39, 0.29) is 24.1 Å². The SMILES string of the molecule is Cc1cc(OCCCc2c3n(c4c(-c5c(C)nn(C)c5C)c(Cl)ccc24)[C@@H](C)CN(Cc2ccc(C(=O)O)cn2)C3=O)cc(C)c1Cl. The molecule has 9 nitrogen and oxygen atoms in total. The predicted octanol–water partition coefficient (Wildman–Crippen LogP) is 7.90. The maximum atomic E-state index is 14.5. The van der Waals surface area contributed by atoms with Crippen LogP contribution in [0.3, 0.4) is 0 Å². The van der Waals surface area contributed by atoms with Crippen molar-refractivity contribution in [2.24, 2.45) is 7.05 Å². The summed E-state index contributed by atoms with van der Waals surface area (Å²) in [6.07, 6.45) is 2.61. The summed E-state index contributed by atoms with van der Waals surface area (Å²) in [6.45, 7) is 11.2. The molecule has 0 aliphatic carbocycles. The van der Waals surface area contributed by atoms with Crippen LogP contribution in [0.25, 0.3) is 22.0 Å². The van der Waals surface area contributed by atoms with Gasteiger partial charge in [0.1, 0.15) is 11.4 Å². The summed E-state index contributed by atoms with van der Waals surface area (Å²) in [5, 5.41) is 16.3. The van der Waals surface area contributed by atoms with E-state index in [1.165, 1.54) is 12.3 Å². The normalized spacial score (nSPS) is 14.6. The Morgan fingerprint density at radius 1 is 1.06 bits per heavy atom. The number of amides is 1. The number of rotatable bonds is 9. The molecule has 3 aromatic heterocycles. The lowest BCUT2D eigenvalue weighted by atomic mass is 9.98. The molecule has 1 amide bonds. The smallest absolute Gasteiger partial charge is 0.337 e. The minimum atomic E-state index is -1.04. The number of carbonyl (C=O) groups is 2. The van der Waals surface area contributed by atoms with Crippen LogP contribution in [0.4, 0.5) is 0 Å². The van der Waals surface area contributed by atoms with Gasteiger partial charge in [-0.2, -0.15) is 5.10 Å². The van der Waals surface area contributed by atoms with Gasteiger partial charge in [0, 0.05) is 53.1 Å². The van der Waals surface area contributed by atoms with E-state index in [0.29, 0.717) is 42.4 Å². The fourth-order valence-electron chi connectivity index (χ4n) is 6.78. The van der Waals surface area contributed by atoms with Gasteiger partial charge in [0.05, 0.1) is 40.6 Å². The van der Waals surface area contributed by atoms with Crippen molar-refractivity contribution in [1.29, 1.82) is 0 Å². The number of halogens is 2. The fraction of sp³-hybridized carbons (Fsp3) is 0.333. The molecule has 0 radical (unpaired) electrons. The highest BCUT2D eigenvalue weighted by Crippen LogP contribution is 2.44. The number of carboxylic acid groups (broad SMARTS) is 1. The number of hydrogen-bond donors (Lipinski definition) is 1. The average Bonchev–Trinajstić information content (AvgIpc) is 3.49. The van der Waals surface area contributed by atoms with E-state index in [2.05, 4.69) is 21.6 Å². The highest BCUT2D eigenvalue weighted by molar-refractivity contribution is 6.35. The van der Waals surface area contributed by atoms with Gasteiger partial charge in [-0.3, -0.25) is 14.5 Å². The van der Waals surface area contributed by atoms with Crippen LogP contribution < -0.4 is 4.74 Å². The van der Waals surface area contributed by atoms with E-state index in [1.54, 1.807) is 11.0 Å². The minimum absolute atomic E-state index is 0.0805. The predicted molar refractivity (Wildman–Crippen MR) is 184 cm³/mol. The number of hydrogen-bond acceptors (Lipinski definition) is 5. The summed E-state index contributed by atoms with van der Waals surface area (Å²) in [5.74, 6) is -0.383. The van der Waals surface area contributed by atoms with Crippen molar-refractivity contribution in [1.82, 2.24) is 24.2 Å². The molecule has 4 heterocycles. The molecular formula is C36H37Cl2N5O4. The first kappa shape index (κ1) is 32.6. The summed E-state index contributed by atoms with van der Waals surface area (Å²) in [7, 11) is 1.92. The molecule has 11 heteroatoms. The number of ether oxygens (including phenoxy) is 1. The van der Waals surface area contributed by atoms with E-state index in [4.69, 9.17) is 27.9 Å². The molecule has 0 spiro atoms. The zero-order valence-corrected chi connectivity index (χ0v) is 28.8. The van der Waals surface area contributed by atoms with Crippen LogP contribution >= 0.6 is 23.2 Å². The molecule has 6 rings (SSSR count). The lowest BCUT2D eigenvalue weighted by Crippen LogP contribution is -2.42. The molecule has 0 fully saturated rings. The number of benzene rings is 2. The zero-order chi connectivity index (χ0) is 33.7. The summed E-state index contributed by atoms with van der Waals surface area (Å²) < 4.78 is 10.2. The van der Waals surface area contributed by atoms with Crippen LogP contribution in [0, 0.1) is 27.7 Å². The van der Waals surface area contributed by atoms with Crippen molar-refractivity contribution in [3.63, 3.8) is 0 Å². The molecule has 1 atom stereocenters. The number of pyridine rings is 1. The van der Waals surface area contributed by atoms with Gasteiger partial charge >= 0.3 is 5.97 Å². The van der Waals surface area contributed by atoms with Crippen LogP contribution in [-0.4, -0.2) is 54.4 Å². The molecule has 0 unspecified atom stereocenters. The average molecular weight is 675 g/mol. The van der Waals surface area contributed by atoms with Gasteiger partial charge in [-0.25, -0.2) is 4.79 Å². The Balaban J connectivity index is 1.42. The highest BCUT2D eigenvalue weighted by Gasteiger charge is 2.36. The molecule has 0 bridgehead atoms. The third-order valence-corrected chi connectivity index (χ3v) is 9.98. The molecule has 2 aromatic carbocycles. The van der Waals surface area contributed by atoms with Crippen molar-refractivity contribution >= 4 is 46.0 Å². The zero-order valence-electron chi connectivity index (χ0n) is 27.3. The Morgan fingerprint density at radius 3 is 2.40 bits per heavy atom. The highest BCUT2D eigenvalue weighted by atomic mass is 35.5. The van der Waals surface area contributed by atoms with Gasteiger partial charge in [0.15, 0.2) is 0 Å². The number of carboxylic acids is 1. The minimum Gasteiger partial charge on any atom is -0.494 e. The Kier molecular flexibility index (Phi) is 8.80. The molecular weight excluding hydrogens is 637 g/mol. The summed E-state index contributed by atoms with van der Waals surface area (Å²) in [4.78, 5) is 31.9. The second-order valence-electron chi connectivity index (χ2n) is 12.4. The van der Waals surface area contributed by atoms with Crippen molar-refractivity contribution < 1.29 is 19.4 Å². The Bertz CT molecular complexity index is 2020. The lowest BCUT2D eigenvalue weighted by molar-refractivity contribution is 0.0657. The van der Waals surface area contributed by atoms with Crippen LogP contribution in [-0.2, 0) is 20.0 Å². The second kappa shape index (κ2) is 12.7. The van der Waals surface area contributed by atoms with Gasteiger partial charge in [-0.1, -0.05) is 29.3 Å². The molecule has 1 aliphatic heterocycles. The van der Waals surface area contributed by atoms with Crippen molar-refractivity contribution in [2.45, 2.75) is 60.0 Å². The number of carbonyl (C=O) groups excluding carboxylic acids is 1. The van der Waals surface area contributed by atoms with Gasteiger partial charge in [0.25, 0.3) is 5.91 Å². The van der Waals surface area contributed by atoms with E-state index in [0.717, 1.165) is 60.9 Å². The molecule has 5 aromatic rings. The van der Waals surface area contributed by atoms with Crippen molar-refractivity contribution in [3.05, 3.63) is 97.7 Å². The Labute approximate surface area is 283 Å². The van der Waals surface area contributed by atoms with E-state index >= 15 is 0 Å². The van der Waals surface area contributed by atoms with Crippen molar-refractivity contribution in [2.75, 3.05) is 13.2 Å². The number of aryl methyl sites for hydroxylation is 5. The van der Waals surface area contributed by atoms with Crippen LogP contribution in [0.1, 0.15) is 74.0 Å². The van der Waals surface area contributed by atoms with Crippen LogP contribution in [0.15, 0.2) is 42.6 Å². The largest absolute Gasteiger partial charge is 0.494 e. The molecule has 244 valence electrons. The third-order valence-electron chi connectivity index (χ3n) is 9.07. The van der Waals surface area contributed by atoms with Crippen LogP contribution in [0.2, 0.25) is 10.0 Å². The molecule has 1 N–H and O–H groups in total. The Morgan fingerprint density at radius 2 is 1.79 bits per heavy atom. The first-order valence-corrected chi connectivity index (χ1v) is 16.4. The summed E-state index contributed by atoms with van der Waals surface area (Å²) >= 11 is 13.4. The van der Waals surface area contributed by atoms with E-state index in [9.17, 15) is 14.7 Å². The molecule has 1 aliphatic rings. The first-order valence-electron chi connectivity index (χ1n) is 15.6. The maximum absolute atomic E-state index is 14.5. The number of fused-ring (bicyclic) bond motifs is 3.